The molecule has 7 nitrogen and oxygen atoms in total. The van der Waals surface area contributed by atoms with Crippen molar-refractivity contribution in [2.24, 2.45) is 7.05 Å². The van der Waals surface area contributed by atoms with Crippen LogP contribution in [-0.4, -0.2) is 51.4 Å². The van der Waals surface area contributed by atoms with Gasteiger partial charge in [-0.3, -0.25) is 9.48 Å². The Labute approximate surface area is 137 Å². The van der Waals surface area contributed by atoms with Gasteiger partial charge in [0.2, 0.25) is 0 Å². The second-order valence-electron chi connectivity index (χ2n) is 6.94. The van der Waals surface area contributed by atoms with Crippen molar-refractivity contribution in [1.82, 2.24) is 20.0 Å². The number of amides is 2. The van der Waals surface area contributed by atoms with E-state index < -0.39 is 5.60 Å². The molecule has 1 aliphatic rings. The molecule has 0 radical (unpaired) electrons. The second-order valence-corrected chi connectivity index (χ2v) is 6.94. The van der Waals surface area contributed by atoms with Crippen LogP contribution in [0, 0.1) is 0 Å². The average molecular weight is 322 g/mol. The fraction of sp³-hybridized carbons (Fsp3) is 0.688. The minimum Gasteiger partial charge on any atom is -0.444 e. The molecule has 23 heavy (non-hydrogen) atoms. The van der Waals surface area contributed by atoms with E-state index in [1.807, 2.05) is 20.8 Å². The van der Waals surface area contributed by atoms with E-state index in [1.54, 1.807) is 22.8 Å². The molecule has 7 heteroatoms. The molecule has 1 fully saturated rings. The van der Waals surface area contributed by atoms with Crippen molar-refractivity contribution in [2.45, 2.75) is 51.7 Å². The smallest absolute Gasteiger partial charge is 0.410 e. The zero-order valence-corrected chi connectivity index (χ0v) is 14.3. The Bertz CT molecular complexity index is 562. The molecule has 1 aliphatic heterocycles. The molecule has 0 aromatic carbocycles. The molecule has 1 aromatic rings. The Balaban J connectivity index is 1.93. The van der Waals surface area contributed by atoms with E-state index in [1.165, 1.54) is 6.20 Å². The number of carbonyl (C=O) groups is 2. The van der Waals surface area contributed by atoms with E-state index in [0.29, 0.717) is 18.7 Å². The van der Waals surface area contributed by atoms with Crippen molar-refractivity contribution in [3.8, 4) is 0 Å². The van der Waals surface area contributed by atoms with Gasteiger partial charge >= 0.3 is 6.09 Å². The SMILES string of the molecule is Cn1cc(C(=O)NCC2CCCCN2C(=O)OC(C)(C)C)cn1. The van der Waals surface area contributed by atoms with Gasteiger partial charge < -0.3 is 15.0 Å². The van der Waals surface area contributed by atoms with Crippen molar-refractivity contribution in [2.75, 3.05) is 13.1 Å². The molecule has 1 atom stereocenters. The summed E-state index contributed by atoms with van der Waals surface area (Å²) in [4.78, 5) is 26.2. The van der Waals surface area contributed by atoms with Gasteiger partial charge in [0.25, 0.3) is 5.91 Å². The molecule has 2 rings (SSSR count). The Kier molecular flexibility index (Phi) is 5.28. The molecule has 0 aliphatic carbocycles. The first-order chi connectivity index (χ1) is 10.8. The van der Waals surface area contributed by atoms with Gasteiger partial charge in [0.05, 0.1) is 17.8 Å². The molecule has 0 spiro atoms. The highest BCUT2D eigenvalue weighted by Gasteiger charge is 2.30. The lowest BCUT2D eigenvalue weighted by molar-refractivity contribution is 0.00986. The van der Waals surface area contributed by atoms with Crippen molar-refractivity contribution < 1.29 is 14.3 Å². The molecular formula is C16H26N4O3. The topological polar surface area (TPSA) is 76.5 Å². The van der Waals surface area contributed by atoms with E-state index in [2.05, 4.69) is 10.4 Å². The van der Waals surface area contributed by atoms with Gasteiger partial charge in [-0.1, -0.05) is 0 Å². The molecular weight excluding hydrogens is 296 g/mol. The van der Waals surface area contributed by atoms with Crippen LogP contribution in [0.1, 0.15) is 50.4 Å². The van der Waals surface area contributed by atoms with E-state index in [0.717, 1.165) is 19.3 Å². The number of nitrogens with zero attached hydrogens (tertiary/aromatic N) is 3. The van der Waals surface area contributed by atoms with Crippen LogP contribution in [0.25, 0.3) is 0 Å². The Morgan fingerprint density at radius 2 is 2.13 bits per heavy atom. The number of aryl methyl sites for hydroxylation is 1. The minimum atomic E-state index is -0.516. The lowest BCUT2D eigenvalue weighted by atomic mass is 10.0. The number of rotatable bonds is 3. The van der Waals surface area contributed by atoms with Crippen LogP contribution in [0.3, 0.4) is 0 Å². The number of aromatic nitrogens is 2. The van der Waals surface area contributed by atoms with E-state index in [-0.39, 0.29) is 18.0 Å². The van der Waals surface area contributed by atoms with Crippen molar-refractivity contribution in [3.63, 3.8) is 0 Å². The van der Waals surface area contributed by atoms with E-state index in [4.69, 9.17) is 4.74 Å². The third-order valence-corrected chi connectivity index (χ3v) is 3.72. The number of piperidine rings is 1. The molecule has 128 valence electrons. The highest BCUT2D eigenvalue weighted by atomic mass is 16.6. The summed E-state index contributed by atoms with van der Waals surface area (Å²) in [5, 5.41) is 6.88. The quantitative estimate of drug-likeness (QED) is 0.922. The van der Waals surface area contributed by atoms with Gasteiger partial charge in [-0.2, -0.15) is 5.10 Å². The first kappa shape index (κ1) is 17.3. The van der Waals surface area contributed by atoms with Crippen LogP contribution in [-0.2, 0) is 11.8 Å². The number of hydrogen-bond acceptors (Lipinski definition) is 4. The highest BCUT2D eigenvalue weighted by Crippen LogP contribution is 2.20. The zero-order chi connectivity index (χ0) is 17.0. The fourth-order valence-corrected chi connectivity index (χ4v) is 2.62. The highest BCUT2D eigenvalue weighted by molar-refractivity contribution is 5.93. The molecule has 0 bridgehead atoms. The molecule has 1 aromatic heterocycles. The summed E-state index contributed by atoms with van der Waals surface area (Å²) in [5.74, 6) is -0.173. The van der Waals surface area contributed by atoms with Crippen LogP contribution in [0.15, 0.2) is 12.4 Å². The summed E-state index contributed by atoms with van der Waals surface area (Å²) in [6.07, 6.45) is 5.77. The van der Waals surface area contributed by atoms with Crippen molar-refractivity contribution in [3.05, 3.63) is 18.0 Å². The van der Waals surface area contributed by atoms with E-state index >= 15 is 0 Å². The molecule has 0 saturated carbocycles. The maximum atomic E-state index is 12.3. The lowest BCUT2D eigenvalue weighted by Crippen LogP contribution is -2.50. The minimum absolute atomic E-state index is 0.0285. The summed E-state index contributed by atoms with van der Waals surface area (Å²) < 4.78 is 7.05. The maximum absolute atomic E-state index is 12.3. The molecule has 1 N–H and O–H groups in total. The predicted molar refractivity (Wildman–Crippen MR) is 86.1 cm³/mol. The monoisotopic (exact) mass is 322 g/mol. The van der Waals surface area contributed by atoms with Crippen LogP contribution in [0.2, 0.25) is 0 Å². The predicted octanol–water partition coefficient (Wildman–Crippen LogP) is 1.94. The summed E-state index contributed by atoms with van der Waals surface area (Å²) in [6.45, 7) is 6.66. The summed E-state index contributed by atoms with van der Waals surface area (Å²) >= 11 is 0. The van der Waals surface area contributed by atoms with Gasteiger partial charge in [0.15, 0.2) is 0 Å². The summed E-state index contributed by atoms with van der Waals surface area (Å²) in [6, 6.07) is -0.0285. The number of likely N-dealkylation sites (tertiary alicyclic amines) is 1. The Morgan fingerprint density at radius 3 is 2.74 bits per heavy atom. The van der Waals surface area contributed by atoms with Crippen molar-refractivity contribution in [1.29, 1.82) is 0 Å². The third-order valence-electron chi connectivity index (χ3n) is 3.72. The number of carbonyl (C=O) groups excluding carboxylic acids is 2. The largest absolute Gasteiger partial charge is 0.444 e. The molecule has 1 unspecified atom stereocenters. The standard InChI is InChI=1S/C16H26N4O3/c1-16(2,3)23-15(22)20-8-6-5-7-13(20)10-17-14(21)12-9-18-19(4)11-12/h9,11,13H,5-8,10H2,1-4H3,(H,17,21). The molecule has 1 saturated heterocycles. The van der Waals surface area contributed by atoms with Gasteiger partial charge in [-0.15, -0.1) is 0 Å². The Hall–Kier alpha value is -2.05. The van der Waals surface area contributed by atoms with Crippen molar-refractivity contribution >= 4 is 12.0 Å². The first-order valence-corrected chi connectivity index (χ1v) is 8.03. The van der Waals surface area contributed by atoms with Gasteiger partial charge in [0.1, 0.15) is 5.60 Å². The lowest BCUT2D eigenvalue weighted by Gasteiger charge is -2.36. The van der Waals surface area contributed by atoms with Gasteiger partial charge in [0, 0.05) is 26.3 Å². The fourth-order valence-electron chi connectivity index (χ4n) is 2.62. The Morgan fingerprint density at radius 1 is 1.39 bits per heavy atom. The number of hydrogen-bond donors (Lipinski definition) is 1. The normalized spacial score (nSPS) is 18.6. The second kappa shape index (κ2) is 7.02. The summed E-state index contributed by atoms with van der Waals surface area (Å²) in [5.41, 5.74) is 0.00465. The van der Waals surface area contributed by atoms with Crippen LogP contribution in [0.4, 0.5) is 4.79 Å². The molecule has 2 heterocycles. The van der Waals surface area contributed by atoms with Crippen LogP contribution >= 0.6 is 0 Å². The molecule has 2 amide bonds. The first-order valence-electron chi connectivity index (χ1n) is 8.03. The third kappa shape index (κ3) is 4.97. The van der Waals surface area contributed by atoms with Crippen LogP contribution < -0.4 is 5.32 Å². The van der Waals surface area contributed by atoms with E-state index in [9.17, 15) is 9.59 Å². The van der Waals surface area contributed by atoms with Gasteiger partial charge in [-0.05, 0) is 40.0 Å². The number of ether oxygens (including phenoxy) is 1. The van der Waals surface area contributed by atoms with Gasteiger partial charge in [-0.25, -0.2) is 4.79 Å². The van der Waals surface area contributed by atoms with Crippen LogP contribution in [0.5, 0.6) is 0 Å². The zero-order valence-electron chi connectivity index (χ0n) is 14.3. The number of nitrogens with one attached hydrogen (secondary N) is 1. The maximum Gasteiger partial charge on any atom is 0.410 e. The average Bonchev–Trinajstić information content (AvgIpc) is 2.90. The summed E-state index contributed by atoms with van der Waals surface area (Å²) in [7, 11) is 1.77.